The maximum Gasteiger partial charge on any atom is 0.322 e. The molecule has 1 aliphatic heterocycles. The fraction of sp³-hybridized carbons (Fsp3) is 0.400. The molecule has 6 heteroatoms. The number of carboxylic acid groups (broad SMARTS) is 1. The predicted octanol–water partition coefficient (Wildman–Crippen LogP) is 5.44. The van der Waals surface area contributed by atoms with Crippen LogP contribution in [0.25, 0.3) is 11.1 Å². The van der Waals surface area contributed by atoms with Crippen LogP contribution in [0.2, 0.25) is 0 Å². The van der Waals surface area contributed by atoms with Crippen molar-refractivity contribution in [3.8, 4) is 11.1 Å². The van der Waals surface area contributed by atoms with Gasteiger partial charge in [-0.15, -0.1) is 0 Å². The lowest BCUT2D eigenvalue weighted by atomic mass is 9.85. The van der Waals surface area contributed by atoms with Crippen LogP contribution in [-0.2, 0) is 4.79 Å². The maximum absolute atomic E-state index is 12.6. The summed E-state index contributed by atoms with van der Waals surface area (Å²) < 4.78 is 0. The zero-order chi connectivity index (χ0) is 22.8. The average Bonchev–Trinajstić information content (AvgIpc) is 3.06. The quantitative estimate of drug-likeness (QED) is 0.607. The highest BCUT2D eigenvalue weighted by molar-refractivity contribution is 5.99. The second-order valence-electron chi connectivity index (χ2n) is 9.06. The number of amides is 2. The normalized spacial score (nSPS) is 18.6. The average molecular weight is 423 g/mol. The molecule has 31 heavy (non-hydrogen) atoms. The smallest absolute Gasteiger partial charge is 0.322 e. The number of Topliss-reactive ketones (excluding diaryl/α,β-unsaturated/α-hetero) is 1. The van der Waals surface area contributed by atoms with Gasteiger partial charge in [0.2, 0.25) is 0 Å². The highest BCUT2D eigenvalue weighted by atomic mass is 16.4. The van der Waals surface area contributed by atoms with Crippen LogP contribution in [0.3, 0.4) is 0 Å². The first-order valence-electron chi connectivity index (χ1n) is 10.6. The zero-order valence-electron chi connectivity index (χ0n) is 18.5. The van der Waals surface area contributed by atoms with E-state index in [4.69, 9.17) is 0 Å². The number of nitrogens with one attached hydrogen (secondary N) is 1. The van der Waals surface area contributed by atoms with Gasteiger partial charge in [0.15, 0.2) is 5.78 Å². The van der Waals surface area contributed by atoms with E-state index in [1.807, 2.05) is 41.3 Å². The van der Waals surface area contributed by atoms with Gasteiger partial charge in [-0.05, 0) is 63.8 Å². The molecule has 0 bridgehead atoms. The number of hydrogen-bond donors (Lipinski definition) is 2. The molecule has 2 aromatic rings. The van der Waals surface area contributed by atoms with Crippen LogP contribution in [0, 0.1) is 5.41 Å². The summed E-state index contributed by atoms with van der Waals surface area (Å²) in [5.74, 6) is -1.18. The van der Waals surface area contributed by atoms with Gasteiger partial charge in [0.25, 0.3) is 0 Å². The third-order valence-electron chi connectivity index (χ3n) is 6.04. The Labute approximate surface area is 183 Å². The monoisotopic (exact) mass is 422 g/mol. The second-order valence-corrected chi connectivity index (χ2v) is 9.06. The molecule has 6 nitrogen and oxygen atoms in total. The van der Waals surface area contributed by atoms with Crippen LogP contribution in [0.5, 0.6) is 0 Å². The Kier molecular flexibility index (Phi) is 6.48. The predicted molar refractivity (Wildman–Crippen MR) is 121 cm³/mol. The standard InChI is InChI=1S/C25H30N2O4/c1-16-5-6-17(2)27(16)24(31)26-21-13-11-19(12-14-21)18-7-9-20(10-8-18)22(28)15-25(3,4)23(29)30/h7-14,16-17H,5-6,15H2,1-4H3,(H,26,31)(H,29,30). The summed E-state index contributed by atoms with van der Waals surface area (Å²) in [6.07, 6.45) is 2.00. The van der Waals surface area contributed by atoms with E-state index in [0.29, 0.717) is 5.56 Å². The molecule has 2 amide bonds. The Morgan fingerprint density at radius 1 is 0.935 bits per heavy atom. The molecule has 1 heterocycles. The SMILES string of the molecule is CC1CCC(C)N1C(=O)Nc1ccc(-c2ccc(C(=O)CC(C)(C)C(=O)O)cc2)cc1. The van der Waals surface area contributed by atoms with E-state index in [-0.39, 0.29) is 30.3 Å². The summed E-state index contributed by atoms with van der Waals surface area (Å²) in [5, 5.41) is 12.2. The minimum atomic E-state index is -1.10. The summed E-state index contributed by atoms with van der Waals surface area (Å²) in [5.41, 5.74) is 2.04. The molecule has 0 aliphatic carbocycles. The molecule has 2 N–H and O–H groups in total. The van der Waals surface area contributed by atoms with Crippen molar-refractivity contribution in [2.24, 2.45) is 5.41 Å². The topological polar surface area (TPSA) is 86.7 Å². The molecule has 1 fully saturated rings. The summed E-state index contributed by atoms with van der Waals surface area (Å²) in [7, 11) is 0. The summed E-state index contributed by atoms with van der Waals surface area (Å²) in [6.45, 7) is 7.24. The largest absolute Gasteiger partial charge is 0.481 e. The lowest BCUT2D eigenvalue weighted by Crippen LogP contribution is -2.41. The summed E-state index contributed by atoms with van der Waals surface area (Å²) in [4.78, 5) is 38.1. The highest BCUT2D eigenvalue weighted by Crippen LogP contribution is 2.27. The van der Waals surface area contributed by atoms with Gasteiger partial charge >= 0.3 is 12.0 Å². The number of aliphatic carboxylic acids is 1. The van der Waals surface area contributed by atoms with E-state index < -0.39 is 11.4 Å². The number of rotatable bonds is 6. The fourth-order valence-corrected chi connectivity index (χ4v) is 3.96. The molecule has 3 rings (SSSR count). The van der Waals surface area contributed by atoms with E-state index in [0.717, 1.165) is 29.7 Å². The van der Waals surface area contributed by atoms with Crippen molar-refractivity contribution >= 4 is 23.5 Å². The zero-order valence-corrected chi connectivity index (χ0v) is 18.5. The van der Waals surface area contributed by atoms with Gasteiger partial charge < -0.3 is 15.3 Å². The van der Waals surface area contributed by atoms with Crippen molar-refractivity contribution in [2.45, 2.75) is 59.0 Å². The van der Waals surface area contributed by atoms with Gasteiger partial charge in [0, 0.05) is 29.8 Å². The van der Waals surface area contributed by atoms with Crippen LogP contribution in [0.15, 0.2) is 48.5 Å². The number of carboxylic acids is 1. The van der Waals surface area contributed by atoms with Crippen LogP contribution < -0.4 is 5.32 Å². The van der Waals surface area contributed by atoms with Crippen LogP contribution >= 0.6 is 0 Å². The van der Waals surface area contributed by atoms with Crippen molar-refractivity contribution < 1.29 is 19.5 Å². The van der Waals surface area contributed by atoms with E-state index in [1.54, 1.807) is 26.0 Å². The molecular weight excluding hydrogens is 392 g/mol. The number of likely N-dealkylation sites (tertiary alicyclic amines) is 1. The molecule has 2 atom stereocenters. The Morgan fingerprint density at radius 3 is 1.90 bits per heavy atom. The van der Waals surface area contributed by atoms with E-state index in [1.165, 1.54) is 0 Å². The number of ketones is 1. The van der Waals surface area contributed by atoms with E-state index in [9.17, 15) is 19.5 Å². The summed E-state index contributed by atoms with van der Waals surface area (Å²) in [6, 6.07) is 15.2. The third-order valence-corrected chi connectivity index (χ3v) is 6.04. The van der Waals surface area contributed by atoms with Gasteiger partial charge in [0.05, 0.1) is 5.41 Å². The minimum absolute atomic E-state index is 0.0513. The molecule has 2 aromatic carbocycles. The van der Waals surface area contributed by atoms with Crippen molar-refractivity contribution in [1.82, 2.24) is 4.90 Å². The van der Waals surface area contributed by atoms with Crippen LogP contribution in [0.1, 0.15) is 57.3 Å². The Bertz CT molecular complexity index is 954. The van der Waals surface area contributed by atoms with Gasteiger partial charge in [-0.1, -0.05) is 36.4 Å². The molecule has 0 radical (unpaired) electrons. The number of urea groups is 1. The number of benzene rings is 2. The molecule has 2 unspecified atom stereocenters. The molecule has 164 valence electrons. The van der Waals surface area contributed by atoms with Gasteiger partial charge in [0.1, 0.15) is 0 Å². The molecule has 0 aromatic heterocycles. The van der Waals surface area contributed by atoms with Crippen molar-refractivity contribution in [2.75, 3.05) is 5.32 Å². The second kappa shape index (κ2) is 8.92. The molecule has 0 saturated carbocycles. The van der Waals surface area contributed by atoms with Gasteiger partial charge in [-0.25, -0.2) is 4.79 Å². The molecule has 0 spiro atoms. The lowest BCUT2D eigenvalue weighted by molar-refractivity contribution is -0.146. The number of carbonyl (C=O) groups is 3. The van der Waals surface area contributed by atoms with Crippen molar-refractivity contribution in [3.63, 3.8) is 0 Å². The van der Waals surface area contributed by atoms with Crippen molar-refractivity contribution in [3.05, 3.63) is 54.1 Å². The number of anilines is 1. The number of nitrogens with zero attached hydrogens (tertiary/aromatic N) is 1. The molecule has 1 saturated heterocycles. The first kappa shape index (κ1) is 22.5. The maximum atomic E-state index is 12.6. The summed E-state index contributed by atoms with van der Waals surface area (Å²) >= 11 is 0. The van der Waals surface area contributed by atoms with Gasteiger partial charge in [-0.2, -0.15) is 0 Å². The first-order valence-corrected chi connectivity index (χ1v) is 10.6. The fourth-order valence-electron chi connectivity index (χ4n) is 3.96. The molecular formula is C25H30N2O4. The van der Waals surface area contributed by atoms with E-state index >= 15 is 0 Å². The Hall–Kier alpha value is -3.15. The van der Waals surface area contributed by atoms with Crippen LogP contribution in [-0.4, -0.2) is 39.9 Å². The highest BCUT2D eigenvalue weighted by Gasteiger charge is 2.31. The Balaban J connectivity index is 1.65. The first-order chi connectivity index (χ1) is 14.6. The lowest BCUT2D eigenvalue weighted by Gasteiger charge is -2.26. The third kappa shape index (κ3) is 5.13. The van der Waals surface area contributed by atoms with Crippen molar-refractivity contribution in [1.29, 1.82) is 0 Å². The Morgan fingerprint density at radius 2 is 1.42 bits per heavy atom. The minimum Gasteiger partial charge on any atom is -0.481 e. The van der Waals surface area contributed by atoms with Gasteiger partial charge in [-0.3, -0.25) is 9.59 Å². The van der Waals surface area contributed by atoms with E-state index in [2.05, 4.69) is 19.2 Å². The molecule has 1 aliphatic rings. The van der Waals surface area contributed by atoms with Crippen LogP contribution in [0.4, 0.5) is 10.5 Å². The number of carbonyl (C=O) groups excluding carboxylic acids is 2. The number of hydrogen-bond acceptors (Lipinski definition) is 3.